The van der Waals surface area contributed by atoms with Crippen LogP contribution in [0.25, 0.3) is 0 Å². The second-order valence-electron chi connectivity index (χ2n) is 4.78. The molecule has 0 bridgehead atoms. The van der Waals surface area contributed by atoms with Gasteiger partial charge in [-0.1, -0.05) is 58.5 Å². The number of rotatable bonds is 4. The molecule has 0 heterocycles. The molecule has 0 aliphatic carbocycles. The van der Waals surface area contributed by atoms with Gasteiger partial charge in [0.1, 0.15) is 0 Å². The van der Waals surface area contributed by atoms with Crippen LogP contribution >= 0.6 is 46.4 Å². The molecule has 0 aliphatic rings. The number of benzene rings is 2. The number of esters is 1. The molecule has 0 radical (unpaired) electrons. The number of halogens is 4. The van der Waals surface area contributed by atoms with Crippen molar-refractivity contribution in [3.8, 4) is 0 Å². The van der Waals surface area contributed by atoms with Crippen LogP contribution in [0.2, 0.25) is 20.1 Å². The van der Waals surface area contributed by atoms with E-state index in [1.54, 1.807) is 25.1 Å². The van der Waals surface area contributed by atoms with E-state index in [4.69, 9.17) is 51.1 Å². The molecule has 24 heavy (non-hydrogen) atoms. The van der Waals surface area contributed by atoms with Crippen molar-refractivity contribution in [2.45, 2.75) is 6.92 Å². The Bertz CT molecular complexity index is 808. The average molecular weight is 407 g/mol. The molecule has 0 spiro atoms. The molecule has 8 heteroatoms. The van der Waals surface area contributed by atoms with Gasteiger partial charge in [-0.05, 0) is 30.7 Å². The maximum atomic E-state index is 12.0. The molecule has 0 unspecified atom stereocenters. The lowest BCUT2D eigenvalue weighted by Gasteiger charge is -2.11. The molecule has 0 atom stereocenters. The predicted octanol–water partition coefficient (Wildman–Crippen LogP) is 5.40. The van der Waals surface area contributed by atoms with E-state index in [1.165, 1.54) is 12.1 Å². The molecule has 2 aromatic rings. The minimum Gasteiger partial charge on any atom is -0.452 e. The van der Waals surface area contributed by atoms with Crippen LogP contribution in [0.15, 0.2) is 30.3 Å². The molecular weight excluding hydrogens is 396 g/mol. The van der Waals surface area contributed by atoms with Gasteiger partial charge in [0, 0.05) is 0 Å². The van der Waals surface area contributed by atoms with E-state index >= 15 is 0 Å². The standard InChI is InChI=1S/C16H11Cl4NO3/c1-8-5-6-11(18)15(13(8)19)21-12(22)7-24-16(23)9-3-2-4-10(17)14(9)20/h2-6H,7H2,1H3,(H,21,22). The third kappa shape index (κ3) is 4.33. The summed E-state index contributed by atoms with van der Waals surface area (Å²) >= 11 is 23.9. The summed E-state index contributed by atoms with van der Waals surface area (Å²) in [6.07, 6.45) is 0. The van der Waals surface area contributed by atoms with Crippen LogP contribution in [-0.4, -0.2) is 18.5 Å². The fraction of sp³-hybridized carbons (Fsp3) is 0.125. The van der Waals surface area contributed by atoms with Crippen molar-refractivity contribution in [3.63, 3.8) is 0 Å². The lowest BCUT2D eigenvalue weighted by Crippen LogP contribution is -2.21. The van der Waals surface area contributed by atoms with E-state index in [9.17, 15) is 9.59 Å². The molecule has 2 aromatic carbocycles. The van der Waals surface area contributed by atoms with Crippen LogP contribution in [0.1, 0.15) is 15.9 Å². The van der Waals surface area contributed by atoms with Gasteiger partial charge in [0.2, 0.25) is 0 Å². The molecule has 1 N–H and O–H groups in total. The first-order valence-corrected chi connectivity index (χ1v) is 8.18. The molecule has 4 nitrogen and oxygen atoms in total. The zero-order valence-electron chi connectivity index (χ0n) is 12.3. The molecular formula is C16H11Cl4NO3. The maximum absolute atomic E-state index is 12.0. The van der Waals surface area contributed by atoms with Crippen LogP contribution < -0.4 is 5.32 Å². The van der Waals surface area contributed by atoms with Crippen molar-refractivity contribution in [1.82, 2.24) is 0 Å². The highest BCUT2D eigenvalue weighted by molar-refractivity contribution is 6.43. The number of amides is 1. The Morgan fingerprint density at radius 2 is 1.71 bits per heavy atom. The highest BCUT2D eigenvalue weighted by Crippen LogP contribution is 2.32. The number of anilines is 1. The Morgan fingerprint density at radius 1 is 1.00 bits per heavy atom. The third-order valence-electron chi connectivity index (χ3n) is 3.05. The van der Waals surface area contributed by atoms with Gasteiger partial charge >= 0.3 is 5.97 Å². The Labute approximate surface area is 158 Å². The summed E-state index contributed by atoms with van der Waals surface area (Å²) in [4.78, 5) is 23.9. The fourth-order valence-corrected chi connectivity index (χ4v) is 2.66. The number of carbonyl (C=O) groups is 2. The first kappa shape index (κ1) is 18.9. The van der Waals surface area contributed by atoms with Gasteiger partial charge in [-0.15, -0.1) is 0 Å². The molecule has 2 rings (SSSR count). The number of carbonyl (C=O) groups excluding carboxylic acids is 2. The Balaban J connectivity index is 2.03. The summed E-state index contributed by atoms with van der Waals surface area (Å²) in [5.41, 5.74) is 1.09. The summed E-state index contributed by atoms with van der Waals surface area (Å²) in [5.74, 6) is -1.35. The Kier molecular flexibility index (Phi) is 6.35. The number of ether oxygens (including phenoxy) is 1. The fourth-order valence-electron chi connectivity index (χ4n) is 1.82. The number of nitrogens with one attached hydrogen (secondary N) is 1. The summed E-state index contributed by atoms with van der Waals surface area (Å²) in [6, 6.07) is 7.87. The zero-order chi connectivity index (χ0) is 17.9. The van der Waals surface area contributed by atoms with Crippen molar-refractivity contribution in [3.05, 3.63) is 61.5 Å². The second kappa shape index (κ2) is 8.08. The smallest absolute Gasteiger partial charge is 0.340 e. The average Bonchev–Trinajstić information content (AvgIpc) is 2.55. The molecule has 126 valence electrons. The molecule has 0 aromatic heterocycles. The van der Waals surface area contributed by atoms with Crippen LogP contribution in [0.3, 0.4) is 0 Å². The quantitative estimate of drug-likeness (QED) is 0.691. The van der Waals surface area contributed by atoms with Crippen molar-refractivity contribution < 1.29 is 14.3 Å². The molecule has 0 saturated carbocycles. The largest absolute Gasteiger partial charge is 0.452 e. The number of aryl methyl sites for hydroxylation is 1. The monoisotopic (exact) mass is 405 g/mol. The van der Waals surface area contributed by atoms with Gasteiger partial charge in [0.05, 0.1) is 31.3 Å². The van der Waals surface area contributed by atoms with Crippen LogP contribution in [-0.2, 0) is 9.53 Å². The second-order valence-corrected chi connectivity index (χ2v) is 6.35. The molecule has 0 aliphatic heterocycles. The number of hydrogen-bond acceptors (Lipinski definition) is 3. The van der Waals surface area contributed by atoms with Crippen LogP contribution in [0.5, 0.6) is 0 Å². The van der Waals surface area contributed by atoms with E-state index < -0.39 is 18.5 Å². The summed E-state index contributed by atoms with van der Waals surface area (Å²) in [6.45, 7) is 1.25. The van der Waals surface area contributed by atoms with Gasteiger partial charge in [-0.2, -0.15) is 0 Å². The topological polar surface area (TPSA) is 55.4 Å². The maximum Gasteiger partial charge on any atom is 0.340 e. The zero-order valence-corrected chi connectivity index (χ0v) is 15.4. The minimum atomic E-state index is -0.765. The van der Waals surface area contributed by atoms with Gasteiger partial charge in [0.25, 0.3) is 5.91 Å². The molecule has 1 amide bonds. The Morgan fingerprint density at radius 3 is 2.42 bits per heavy atom. The van der Waals surface area contributed by atoms with E-state index in [2.05, 4.69) is 5.32 Å². The van der Waals surface area contributed by atoms with E-state index in [0.29, 0.717) is 5.02 Å². The van der Waals surface area contributed by atoms with Gasteiger partial charge < -0.3 is 10.1 Å². The first-order valence-electron chi connectivity index (χ1n) is 6.67. The van der Waals surface area contributed by atoms with Crippen molar-refractivity contribution in [1.29, 1.82) is 0 Å². The van der Waals surface area contributed by atoms with Gasteiger partial charge in [-0.25, -0.2) is 4.79 Å². The molecule has 0 fully saturated rings. The van der Waals surface area contributed by atoms with E-state index in [0.717, 1.165) is 5.56 Å². The highest BCUT2D eigenvalue weighted by Gasteiger charge is 2.17. The predicted molar refractivity (Wildman–Crippen MR) is 96.6 cm³/mol. The number of hydrogen-bond donors (Lipinski definition) is 1. The Hall–Kier alpha value is -1.46. The van der Waals surface area contributed by atoms with E-state index in [-0.39, 0.29) is 26.3 Å². The van der Waals surface area contributed by atoms with Crippen molar-refractivity contribution >= 4 is 64.0 Å². The SMILES string of the molecule is Cc1ccc(Cl)c(NC(=O)COC(=O)c2cccc(Cl)c2Cl)c1Cl. The van der Waals surface area contributed by atoms with Crippen LogP contribution in [0, 0.1) is 6.92 Å². The van der Waals surface area contributed by atoms with Gasteiger partial charge in [0.15, 0.2) is 6.61 Å². The minimum absolute atomic E-state index is 0.0642. The first-order chi connectivity index (χ1) is 11.3. The highest BCUT2D eigenvalue weighted by atomic mass is 35.5. The summed E-state index contributed by atoms with van der Waals surface area (Å²) in [5, 5.41) is 3.39. The van der Waals surface area contributed by atoms with Crippen LogP contribution in [0.4, 0.5) is 5.69 Å². The van der Waals surface area contributed by atoms with Crippen molar-refractivity contribution in [2.24, 2.45) is 0 Å². The van der Waals surface area contributed by atoms with Crippen molar-refractivity contribution in [2.75, 3.05) is 11.9 Å². The summed E-state index contributed by atoms with van der Waals surface area (Å²) < 4.78 is 4.93. The lowest BCUT2D eigenvalue weighted by atomic mass is 10.2. The normalized spacial score (nSPS) is 10.4. The lowest BCUT2D eigenvalue weighted by molar-refractivity contribution is -0.119. The molecule has 0 saturated heterocycles. The van der Waals surface area contributed by atoms with Gasteiger partial charge in [-0.3, -0.25) is 4.79 Å². The summed E-state index contributed by atoms with van der Waals surface area (Å²) in [7, 11) is 0. The van der Waals surface area contributed by atoms with E-state index in [1.807, 2.05) is 0 Å². The third-order valence-corrected chi connectivity index (χ3v) is 4.68.